The van der Waals surface area contributed by atoms with Crippen molar-refractivity contribution in [2.75, 3.05) is 0 Å². The molecule has 18 heavy (non-hydrogen) atoms. The molecule has 0 amide bonds. The number of nitrogens with zero attached hydrogens (tertiary/aromatic N) is 4. The van der Waals surface area contributed by atoms with E-state index in [2.05, 4.69) is 22.2 Å². The van der Waals surface area contributed by atoms with Crippen molar-refractivity contribution in [1.29, 1.82) is 0 Å². The third-order valence-electron chi connectivity index (χ3n) is 2.81. The molecular formula is C13H16N4O. The smallest absolute Gasteiger partial charge is 0.137 e. The van der Waals surface area contributed by atoms with E-state index in [1.165, 1.54) is 6.33 Å². The normalized spacial score (nSPS) is 13.5. The summed E-state index contributed by atoms with van der Waals surface area (Å²) in [5.41, 5.74) is 1.51. The van der Waals surface area contributed by atoms with Crippen LogP contribution in [-0.4, -0.2) is 25.7 Å². The minimum absolute atomic E-state index is 0.0927. The molecule has 1 aromatic carbocycles. The van der Waals surface area contributed by atoms with E-state index in [9.17, 15) is 5.21 Å². The number of hydrogen-bond acceptors (Lipinski definition) is 4. The molecule has 0 saturated carbocycles. The van der Waals surface area contributed by atoms with Crippen molar-refractivity contribution in [3.8, 4) is 0 Å². The van der Waals surface area contributed by atoms with Gasteiger partial charge in [0.15, 0.2) is 0 Å². The molecule has 0 spiro atoms. The Morgan fingerprint density at radius 1 is 1.39 bits per heavy atom. The molecule has 1 heterocycles. The Hall–Kier alpha value is -2.17. The maximum absolute atomic E-state index is 9.30. The monoisotopic (exact) mass is 244 g/mol. The average Bonchev–Trinajstić information content (AvgIpc) is 2.93. The fourth-order valence-corrected chi connectivity index (χ4v) is 1.97. The molecule has 94 valence electrons. The molecule has 0 aliphatic carbocycles. The molecule has 0 aliphatic rings. The average molecular weight is 244 g/mol. The van der Waals surface area contributed by atoms with Gasteiger partial charge in [0.05, 0.1) is 6.04 Å². The van der Waals surface area contributed by atoms with Gasteiger partial charge in [-0.3, -0.25) is 0 Å². The molecule has 1 N–H and O–H groups in total. The quantitative estimate of drug-likeness (QED) is 0.499. The second kappa shape index (κ2) is 5.95. The third kappa shape index (κ3) is 2.56. The summed E-state index contributed by atoms with van der Waals surface area (Å²) in [6.07, 6.45) is 4.95. The van der Waals surface area contributed by atoms with Crippen molar-refractivity contribution >= 4 is 5.71 Å². The first kappa shape index (κ1) is 12.3. The highest BCUT2D eigenvalue weighted by Crippen LogP contribution is 2.19. The lowest BCUT2D eigenvalue weighted by molar-refractivity contribution is 0.313. The summed E-state index contributed by atoms with van der Waals surface area (Å²) >= 11 is 0. The molecule has 0 bridgehead atoms. The van der Waals surface area contributed by atoms with E-state index in [4.69, 9.17) is 0 Å². The van der Waals surface area contributed by atoms with Gasteiger partial charge in [-0.15, -0.1) is 0 Å². The molecule has 5 heteroatoms. The van der Waals surface area contributed by atoms with Crippen molar-refractivity contribution in [2.24, 2.45) is 5.16 Å². The van der Waals surface area contributed by atoms with Gasteiger partial charge in [-0.05, 0) is 6.42 Å². The zero-order valence-corrected chi connectivity index (χ0v) is 10.3. The van der Waals surface area contributed by atoms with Crippen molar-refractivity contribution in [2.45, 2.75) is 25.8 Å². The minimum atomic E-state index is -0.0927. The third-order valence-corrected chi connectivity index (χ3v) is 2.81. The van der Waals surface area contributed by atoms with Crippen LogP contribution in [0, 0.1) is 0 Å². The molecule has 0 unspecified atom stereocenters. The SMILES string of the molecule is CCC[C@H](/C(=N\O)c1ccccc1)n1cncn1. The van der Waals surface area contributed by atoms with Crippen LogP contribution < -0.4 is 0 Å². The van der Waals surface area contributed by atoms with Crippen LogP contribution in [0.3, 0.4) is 0 Å². The van der Waals surface area contributed by atoms with E-state index in [0.29, 0.717) is 5.71 Å². The molecule has 0 aliphatic heterocycles. The van der Waals surface area contributed by atoms with Gasteiger partial charge in [-0.1, -0.05) is 48.8 Å². The predicted octanol–water partition coefficient (Wildman–Crippen LogP) is 2.50. The van der Waals surface area contributed by atoms with E-state index < -0.39 is 0 Å². The van der Waals surface area contributed by atoms with Crippen molar-refractivity contribution in [3.05, 3.63) is 48.5 Å². The van der Waals surface area contributed by atoms with Crippen molar-refractivity contribution in [1.82, 2.24) is 14.8 Å². The van der Waals surface area contributed by atoms with Crippen LogP contribution in [0.2, 0.25) is 0 Å². The fraction of sp³-hybridized carbons (Fsp3) is 0.308. The predicted molar refractivity (Wildman–Crippen MR) is 68.7 cm³/mol. The Bertz CT molecular complexity index is 493. The van der Waals surface area contributed by atoms with Crippen LogP contribution in [0.25, 0.3) is 0 Å². The van der Waals surface area contributed by atoms with E-state index >= 15 is 0 Å². The second-order valence-electron chi connectivity index (χ2n) is 4.03. The standard InChI is InChI=1S/C13H16N4O/c1-2-6-12(17-10-14-9-15-17)13(16-18)11-7-4-3-5-8-11/h3-5,7-10,12,18H,2,6H2,1H3/b16-13-/t12-/m1/s1. The summed E-state index contributed by atoms with van der Waals surface area (Å²) in [4.78, 5) is 3.95. The van der Waals surface area contributed by atoms with Crippen molar-refractivity contribution < 1.29 is 5.21 Å². The van der Waals surface area contributed by atoms with Gasteiger partial charge in [0.1, 0.15) is 18.4 Å². The molecule has 1 atom stereocenters. The molecule has 2 aromatic rings. The van der Waals surface area contributed by atoms with Gasteiger partial charge in [0.25, 0.3) is 0 Å². The lowest BCUT2D eigenvalue weighted by Crippen LogP contribution is -2.21. The van der Waals surface area contributed by atoms with Gasteiger partial charge in [-0.25, -0.2) is 9.67 Å². The Kier molecular flexibility index (Phi) is 4.06. The number of aromatic nitrogens is 3. The van der Waals surface area contributed by atoms with Crippen LogP contribution in [0.15, 0.2) is 48.1 Å². The highest BCUT2D eigenvalue weighted by Gasteiger charge is 2.20. The highest BCUT2D eigenvalue weighted by atomic mass is 16.4. The van der Waals surface area contributed by atoms with E-state index in [1.807, 2.05) is 30.3 Å². The van der Waals surface area contributed by atoms with E-state index in [1.54, 1.807) is 11.0 Å². The molecule has 5 nitrogen and oxygen atoms in total. The fourth-order valence-electron chi connectivity index (χ4n) is 1.97. The molecule has 0 fully saturated rings. The van der Waals surface area contributed by atoms with Crippen molar-refractivity contribution in [3.63, 3.8) is 0 Å². The zero-order chi connectivity index (χ0) is 12.8. The number of hydrogen-bond donors (Lipinski definition) is 1. The van der Waals surface area contributed by atoms with Crippen LogP contribution >= 0.6 is 0 Å². The van der Waals surface area contributed by atoms with Gasteiger partial charge < -0.3 is 5.21 Å². The number of oxime groups is 1. The molecule has 0 saturated heterocycles. The summed E-state index contributed by atoms with van der Waals surface area (Å²) < 4.78 is 1.73. The van der Waals surface area contributed by atoms with Crippen LogP contribution in [-0.2, 0) is 0 Å². The zero-order valence-electron chi connectivity index (χ0n) is 10.3. The highest BCUT2D eigenvalue weighted by molar-refractivity contribution is 6.02. The Labute approximate surface area is 106 Å². The summed E-state index contributed by atoms with van der Waals surface area (Å²) in [5, 5.41) is 16.9. The van der Waals surface area contributed by atoms with Gasteiger partial charge >= 0.3 is 0 Å². The Morgan fingerprint density at radius 3 is 2.72 bits per heavy atom. The number of benzene rings is 1. The van der Waals surface area contributed by atoms with Crippen LogP contribution in [0.1, 0.15) is 31.4 Å². The number of rotatable bonds is 5. The summed E-state index contributed by atoms with van der Waals surface area (Å²) in [6, 6.07) is 9.53. The summed E-state index contributed by atoms with van der Waals surface area (Å²) in [5.74, 6) is 0. The second-order valence-corrected chi connectivity index (χ2v) is 4.03. The lowest BCUT2D eigenvalue weighted by Gasteiger charge is -2.17. The summed E-state index contributed by atoms with van der Waals surface area (Å²) in [6.45, 7) is 2.09. The topological polar surface area (TPSA) is 63.3 Å². The first-order valence-electron chi connectivity index (χ1n) is 5.98. The van der Waals surface area contributed by atoms with Gasteiger partial charge in [-0.2, -0.15) is 5.10 Å². The van der Waals surface area contributed by atoms with Gasteiger partial charge in [0, 0.05) is 5.56 Å². The minimum Gasteiger partial charge on any atom is -0.411 e. The largest absolute Gasteiger partial charge is 0.411 e. The summed E-state index contributed by atoms with van der Waals surface area (Å²) in [7, 11) is 0. The lowest BCUT2D eigenvalue weighted by atomic mass is 10.00. The molecule has 1 aromatic heterocycles. The first-order valence-corrected chi connectivity index (χ1v) is 5.98. The van der Waals surface area contributed by atoms with E-state index in [0.717, 1.165) is 18.4 Å². The maximum atomic E-state index is 9.30. The molecular weight excluding hydrogens is 228 g/mol. The van der Waals surface area contributed by atoms with Crippen LogP contribution in [0.5, 0.6) is 0 Å². The van der Waals surface area contributed by atoms with Gasteiger partial charge in [0.2, 0.25) is 0 Å². The molecule has 2 rings (SSSR count). The molecule has 0 radical (unpaired) electrons. The maximum Gasteiger partial charge on any atom is 0.137 e. The Morgan fingerprint density at radius 2 is 2.17 bits per heavy atom. The first-order chi connectivity index (χ1) is 8.86. The van der Waals surface area contributed by atoms with E-state index in [-0.39, 0.29) is 6.04 Å². The van der Waals surface area contributed by atoms with Crippen LogP contribution in [0.4, 0.5) is 0 Å². The Balaban J connectivity index is 2.35.